The van der Waals surface area contributed by atoms with E-state index in [9.17, 15) is 0 Å². The Morgan fingerprint density at radius 1 is 1.00 bits per heavy atom. The Bertz CT molecular complexity index is 219. The summed E-state index contributed by atoms with van der Waals surface area (Å²) in [6, 6.07) is 0. The minimum absolute atomic E-state index is 0.555. The van der Waals surface area contributed by atoms with Crippen LogP contribution in [0.3, 0.4) is 0 Å². The highest BCUT2D eigenvalue weighted by molar-refractivity contribution is 4.74. The van der Waals surface area contributed by atoms with Gasteiger partial charge in [0.15, 0.2) is 0 Å². The highest BCUT2D eigenvalue weighted by Crippen LogP contribution is 2.29. The Balaban J connectivity index is 1.53. The van der Waals surface area contributed by atoms with Gasteiger partial charge in [-0.05, 0) is 58.0 Å². The first-order valence-corrected chi connectivity index (χ1v) is 7.71. The van der Waals surface area contributed by atoms with Crippen molar-refractivity contribution in [1.29, 1.82) is 0 Å². The number of ether oxygens (including phenoxy) is 1. The smallest absolute Gasteiger partial charge is 0.0571 e. The van der Waals surface area contributed by atoms with Crippen LogP contribution >= 0.6 is 0 Å². The van der Waals surface area contributed by atoms with Crippen LogP contribution < -0.4 is 0 Å². The Kier molecular flexibility index (Phi) is 5.93. The molecule has 0 aromatic carbocycles. The molecule has 0 atom stereocenters. The van der Waals surface area contributed by atoms with Crippen molar-refractivity contribution in [3.05, 3.63) is 0 Å². The molecule has 1 saturated carbocycles. The van der Waals surface area contributed by atoms with Crippen molar-refractivity contribution in [2.75, 3.05) is 46.9 Å². The zero-order valence-corrected chi connectivity index (χ0v) is 12.2. The summed E-state index contributed by atoms with van der Waals surface area (Å²) < 4.78 is 5.44. The van der Waals surface area contributed by atoms with Crippen LogP contribution in [0.1, 0.15) is 38.5 Å². The first-order valence-electron chi connectivity index (χ1n) is 7.71. The molecule has 18 heavy (non-hydrogen) atoms. The van der Waals surface area contributed by atoms with Crippen LogP contribution in [0.4, 0.5) is 0 Å². The summed E-state index contributed by atoms with van der Waals surface area (Å²) >= 11 is 0. The maximum Gasteiger partial charge on any atom is 0.0571 e. The zero-order valence-electron chi connectivity index (χ0n) is 12.2. The molecule has 0 bridgehead atoms. The highest BCUT2D eigenvalue weighted by Gasteiger charge is 2.21. The van der Waals surface area contributed by atoms with E-state index >= 15 is 0 Å². The van der Waals surface area contributed by atoms with Crippen molar-refractivity contribution in [1.82, 2.24) is 9.80 Å². The van der Waals surface area contributed by atoms with Gasteiger partial charge in [-0.25, -0.2) is 0 Å². The van der Waals surface area contributed by atoms with Crippen molar-refractivity contribution >= 4 is 0 Å². The van der Waals surface area contributed by atoms with E-state index in [1.54, 1.807) is 0 Å². The fraction of sp³-hybridized carbons (Fsp3) is 1.00. The summed E-state index contributed by atoms with van der Waals surface area (Å²) in [6.45, 7) is 6.36. The molecule has 3 heteroatoms. The first kappa shape index (κ1) is 14.3. The third-order valence-electron chi connectivity index (χ3n) is 4.81. The van der Waals surface area contributed by atoms with Gasteiger partial charge in [0.1, 0.15) is 0 Å². The molecule has 1 heterocycles. The van der Waals surface area contributed by atoms with Gasteiger partial charge in [0, 0.05) is 33.3 Å². The summed E-state index contributed by atoms with van der Waals surface area (Å²) in [6.07, 6.45) is 8.74. The molecule has 0 unspecified atom stereocenters. The molecule has 106 valence electrons. The monoisotopic (exact) mass is 254 g/mol. The third-order valence-corrected chi connectivity index (χ3v) is 4.81. The molecule has 1 aliphatic carbocycles. The van der Waals surface area contributed by atoms with Crippen molar-refractivity contribution in [3.8, 4) is 0 Å². The molecular formula is C15H30N2O. The number of nitrogens with zero attached hydrogens (tertiary/aromatic N) is 2. The average molecular weight is 254 g/mol. The standard InChI is InChI=1S/C15H30N2O/c1-16-10-12-17(13-11-16)9-3-4-14-5-7-15(18-2)8-6-14/h14-15H,3-13H2,1-2H3. The maximum atomic E-state index is 5.44. The maximum absolute atomic E-state index is 5.44. The number of hydrogen-bond donors (Lipinski definition) is 0. The molecule has 1 aliphatic heterocycles. The fourth-order valence-corrected chi connectivity index (χ4v) is 3.33. The van der Waals surface area contributed by atoms with Crippen LogP contribution in [-0.4, -0.2) is 62.8 Å². The summed E-state index contributed by atoms with van der Waals surface area (Å²) in [5, 5.41) is 0. The Labute approximate surface area is 112 Å². The lowest BCUT2D eigenvalue weighted by Gasteiger charge is -2.33. The lowest BCUT2D eigenvalue weighted by Crippen LogP contribution is -2.44. The van der Waals surface area contributed by atoms with Crippen LogP contribution in [-0.2, 0) is 4.74 Å². The molecular weight excluding hydrogens is 224 g/mol. The predicted octanol–water partition coefficient (Wildman–Crippen LogP) is 2.22. The van der Waals surface area contributed by atoms with Crippen molar-refractivity contribution in [3.63, 3.8) is 0 Å². The minimum atomic E-state index is 0.555. The normalized spacial score (nSPS) is 31.7. The Morgan fingerprint density at radius 3 is 2.28 bits per heavy atom. The SMILES string of the molecule is COC1CCC(CCCN2CCN(C)CC2)CC1. The van der Waals surface area contributed by atoms with Crippen molar-refractivity contribution in [2.24, 2.45) is 5.92 Å². The summed E-state index contributed by atoms with van der Waals surface area (Å²) in [4.78, 5) is 5.07. The molecule has 3 nitrogen and oxygen atoms in total. The molecule has 0 spiro atoms. The van der Waals surface area contributed by atoms with Crippen LogP contribution in [0.15, 0.2) is 0 Å². The van der Waals surface area contributed by atoms with Gasteiger partial charge in [-0.3, -0.25) is 0 Å². The van der Waals surface area contributed by atoms with E-state index in [-0.39, 0.29) is 0 Å². The van der Waals surface area contributed by atoms with Crippen molar-refractivity contribution in [2.45, 2.75) is 44.6 Å². The number of piperazine rings is 1. The van der Waals surface area contributed by atoms with Gasteiger partial charge < -0.3 is 14.5 Å². The molecule has 2 fully saturated rings. The van der Waals surface area contributed by atoms with E-state index in [0.29, 0.717) is 6.10 Å². The van der Waals surface area contributed by atoms with Gasteiger partial charge in [0.25, 0.3) is 0 Å². The summed E-state index contributed by atoms with van der Waals surface area (Å²) in [5.41, 5.74) is 0. The van der Waals surface area contributed by atoms with Crippen LogP contribution in [0, 0.1) is 5.92 Å². The van der Waals surface area contributed by atoms with E-state index in [1.807, 2.05) is 7.11 Å². The Morgan fingerprint density at radius 2 is 1.67 bits per heavy atom. The fourth-order valence-electron chi connectivity index (χ4n) is 3.33. The van der Waals surface area contributed by atoms with Crippen LogP contribution in [0.5, 0.6) is 0 Å². The molecule has 2 aliphatic rings. The molecule has 0 radical (unpaired) electrons. The lowest BCUT2D eigenvalue weighted by atomic mass is 9.84. The quantitative estimate of drug-likeness (QED) is 0.748. The largest absolute Gasteiger partial charge is 0.381 e. The molecule has 2 rings (SSSR count). The second kappa shape index (κ2) is 7.46. The van der Waals surface area contributed by atoms with E-state index in [2.05, 4.69) is 16.8 Å². The number of likely N-dealkylation sites (N-methyl/N-ethyl adjacent to an activating group) is 1. The molecule has 0 aromatic heterocycles. The van der Waals surface area contributed by atoms with Crippen LogP contribution in [0.25, 0.3) is 0 Å². The first-order chi connectivity index (χ1) is 8.78. The second-order valence-electron chi connectivity index (χ2n) is 6.17. The zero-order chi connectivity index (χ0) is 12.8. The summed E-state index contributed by atoms with van der Waals surface area (Å²) in [7, 11) is 4.09. The minimum Gasteiger partial charge on any atom is -0.381 e. The molecule has 0 N–H and O–H groups in total. The van der Waals surface area contributed by atoms with Crippen LogP contribution in [0.2, 0.25) is 0 Å². The van der Waals surface area contributed by atoms with E-state index in [4.69, 9.17) is 4.74 Å². The number of methoxy groups -OCH3 is 1. The van der Waals surface area contributed by atoms with Gasteiger partial charge in [-0.15, -0.1) is 0 Å². The highest BCUT2D eigenvalue weighted by atomic mass is 16.5. The van der Waals surface area contributed by atoms with E-state index in [1.165, 1.54) is 71.2 Å². The lowest BCUT2D eigenvalue weighted by molar-refractivity contribution is 0.0544. The van der Waals surface area contributed by atoms with Gasteiger partial charge >= 0.3 is 0 Å². The number of hydrogen-bond acceptors (Lipinski definition) is 3. The second-order valence-corrected chi connectivity index (χ2v) is 6.17. The third kappa shape index (κ3) is 4.52. The number of rotatable bonds is 5. The van der Waals surface area contributed by atoms with E-state index < -0.39 is 0 Å². The Hall–Kier alpha value is -0.120. The topological polar surface area (TPSA) is 15.7 Å². The van der Waals surface area contributed by atoms with E-state index in [0.717, 1.165) is 5.92 Å². The molecule has 0 aromatic rings. The average Bonchev–Trinajstić information content (AvgIpc) is 2.42. The predicted molar refractivity (Wildman–Crippen MR) is 75.9 cm³/mol. The summed E-state index contributed by atoms with van der Waals surface area (Å²) in [5.74, 6) is 0.976. The van der Waals surface area contributed by atoms with Gasteiger partial charge in [0.05, 0.1) is 6.10 Å². The van der Waals surface area contributed by atoms with Gasteiger partial charge in [0.2, 0.25) is 0 Å². The van der Waals surface area contributed by atoms with Gasteiger partial charge in [-0.2, -0.15) is 0 Å². The molecule has 0 amide bonds. The molecule has 1 saturated heterocycles. The van der Waals surface area contributed by atoms with Crippen molar-refractivity contribution < 1.29 is 4.74 Å². The van der Waals surface area contributed by atoms with Gasteiger partial charge in [-0.1, -0.05) is 0 Å².